The molecule has 130 valence electrons. The fraction of sp³-hybridized carbons (Fsp3) is 0.600. The summed E-state index contributed by atoms with van der Waals surface area (Å²) in [5.74, 6) is -0.801. The van der Waals surface area contributed by atoms with Gasteiger partial charge in [-0.15, -0.1) is 0 Å². The number of H-pyrrole nitrogens is 1. The Morgan fingerprint density at radius 1 is 1.38 bits per heavy atom. The monoisotopic (exact) mass is 336 g/mol. The predicted molar refractivity (Wildman–Crippen MR) is 83.5 cm³/mol. The normalized spacial score (nSPS) is 27.2. The van der Waals surface area contributed by atoms with Crippen molar-refractivity contribution in [2.24, 2.45) is 12.5 Å². The van der Waals surface area contributed by atoms with Crippen LogP contribution >= 0.6 is 0 Å². The number of aliphatic hydroxyl groups excluding tert-OH is 1. The molecule has 0 aliphatic carbocycles. The average molecular weight is 336 g/mol. The van der Waals surface area contributed by atoms with Crippen molar-refractivity contribution in [3.8, 4) is 0 Å². The van der Waals surface area contributed by atoms with Crippen molar-refractivity contribution < 1.29 is 14.7 Å². The van der Waals surface area contributed by atoms with E-state index in [1.807, 2.05) is 0 Å². The molecule has 2 amide bonds. The van der Waals surface area contributed by atoms with Gasteiger partial charge in [0, 0.05) is 32.9 Å². The first-order chi connectivity index (χ1) is 11.3. The summed E-state index contributed by atoms with van der Waals surface area (Å²) >= 11 is 0. The minimum atomic E-state index is -1.03. The standard InChI is InChI=1S/C15H20N4O5/c1-18-7-9(11(21)17-14(18)24)12(22)19-6-3-10(20)15(8-19)4-2-5-16-13(15)23/h7,10,20H,2-6,8H2,1H3,(H,16,23)(H,17,21,24)/t10-,15+/m0/s1. The van der Waals surface area contributed by atoms with E-state index < -0.39 is 28.7 Å². The van der Waals surface area contributed by atoms with Gasteiger partial charge in [-0.3, -0.25) is 19.4 Å². The van der Waals surface area contributed by atoms with Crippen molar-refractivity contribution in [2.75, 3.05) is 19.6 Å². The maximum atomic E-state index is 12.7. The van der Waals surface area contributed by atoms with E-state index in [1.54, 1.807) is 0 Å². The van der Waals surface area contributed by atoms with Crippen molar-refractivity contribution >= 4 is 11.8 Å². The molecule has 0 unspecified atom stereocenters. The van der Waals surface area contributed by atoms with Gasteiger partial charge in [0.15, 0.2) is 0 Å². The van der Waals surface area contributed by atoms with E-state index in [0.717, 1.165) is 11.0 Å². The second kappa shape index (κ2) is 5.90. The molecule has 0 bridgehead atoms. The zero-order chi connectivity index (χ0) is 17.5. The van der Waals surface area contributed by atoms with Crippen LogP contribution in [-0.4, -0.2) is 57.1 Å². The van der Waals surface area contributed by atoms with Crippen LogP contribution in [0.1, 0.15) is 29.6 Å². The van der Waals surface area contributed by atoms with Gasteiger partial charge in [-0.1, -0.05) is 0 Å². The van der Waals surface area contributed by atoms with Gasteiger partial charge < -0.3 is 19.9 Å². The number of nitrogens with one attached hydrogen (secondary N) is 2. The van der Waals surface area contributed by atoms with E-state index >= 15 is 0 Å². The number of aliphatic hydroxyl groups is 1. The quantitative estimate of drug-likeness (QED) is 0.557. The molecule has 3 rings (SSSR count). The lowest BCUT2D eigenvalue weighted by Crippen LogP contribution is -2.62. The third kappa shape index (κ3) is 2.54. The van der Waals surface area contributed by atoms with Crippen LogP contribution in [0.5, 0.6) is 0 Å². The van der Waals surface area contributed by atoms with Gasteiger partial charge in [-0.25, -0.2) is 4.79 Å². The van der Waals surface area contributed by atoms with E-state index in [4.69, 9.17) is 0 Å². The zero-order valence-corrected chi connectivity index (χ0v) is 13.4. The molecule has 9 nitrogen and oxygen atoms in total. The lowest BCUT2D eigenvalue weighted by Gasteiger charge is -2.46. The molecule has 3 N–H and O–H groups in total. The van der Waals surface area contributed by atoms with Crippen molar-refractivity contribution in [3.63, 3.8) is 0 Å². The molecule has 1 aromatic rings. The first-order valence-electron chi connectivity index (χ1n) is 7.91. The van der Waals surface area contributed by atoms with Gasteiger partial charge in [-0.2, -0.15) is 0 Å². The second-order valence-electron chi connectivity index (χ2n) is 6.46. The highest BCUT2D eigenvalue weighted by Gasteiger charge is 2.50. The Kier molecular flexibility index (Phi) is 4.04. The Balaban J connectivity index is 1.91. The molecule has 1 spiro atoms. The summed E-state index contributed by atoms with van der Waals surface area (Å²) in [5.41, 5.74) is -2.54. The maximum Gasteiger partial charge on any atom is 0.328 e. The van der Waals surface area contributed by atoms with E-state index in [-0.39, 0.29) is 31.0 Å². The van der Waals surface area contributed by atoms with E-state index in [9.17, 15) is 24.3 Å². The third-order valence-electron chi connectivity index (χ3n) is 4.95. The first kappa shape index (κ1) is 16.4. The zero-order valence-electron chi connectivity index (χ0n) is 13.4. The molecule has 3 heterocycles. The van der Waals surface area contributed by atoms with Crippen LogP contribution in [0.25, 0.3) is 0 Å². The van der Waals surface area contributed by atoms with Crippen LogP contribution < -0.4 is 16.6 Å². The number of aromatic nitrogens is 2. The van der Waals surface area contributed by atoms with E-state index in [1.165, 1.54) is 18.1 Å². The lowest BCUT2D eigenvalue weighted by molar-refractivity contribution is -0.147. The smallest absolute Gasteiger partial charge is 0.328 e. The number of amides is 2. The molecule has 0 aromatic carbocycles. The molecule has 0 radical (unpaired) electrons. The van der Waals surface area contributed by atoms with Crippen LogP contribution in [0.3, 0.4) is 0 Å². The summed E-state index contributed by atoms with van der Waals surface area (Å²) in [7, 11) is 1.44. The van der Waals surface area contributed by atoms with Gasteiger partial charge in [-0.05, 0) is 19.3 Å². The Hall–Kier alpha value is -2.42. The molecule has 2 fully saturated rings. The number of hydrogen-bond donors (Lipinski definition) is 3. The minimum Gasteiger partial charge on any atom is -0.392 e. The second-order valence-corrected chi connectivity index (χ2v) is 6.46. The average Bonchev–Trinajstić information content (AvgIpc) is 2.55. The highest BCUT2D eigenvalue weighted by molar-refractivity contribution is 5.94. The van der Waals surface area contributed by atoms with Gasteiger partial charge in [0.05, 0.1) is 11.5 Å². The molecule has 2 aliphatic heterocycles. The summed E-state index contributed by atoms with van der Waals surface area (Å²) in [6.45, 7) is 0.861. The fourth-order valence-electron chi connectivity index (χ4n) is 3.50. The van der Waals surface area contributed by atoms with Crippen LogP contribution in [0.15, 0.2) is 15.8 Å². The van der Waals surface area contributed by atoms with Gasteiger partial charge in [0.25, 0.3) is 11.5 Å². The van der Waals surface area contributed by atoms with Crippen molar-refractivity contribution in [3.05, 3.63) is 32.6 Å². The fourth-order valence-corrected chi connectivity index (χ4v) is 3.50. The summed E-state index contributed by atoms with van der Waals surface area (Å²) in [6.07, 6.45) is 1.86. The highest BCUT2D eigenvalue weighted by Crippen LogP contribution is 2.37. The van der Waals surface area contributed by atoms with Crippen LogP contribution in [0.4, 0.5) is 0 Å². The molecular formula is C15H20N4O5. The van der Waals surface area contributed by atoms with Crippen molar-refractivity contribution in [1.29, 1.82) is 0 Å². The van der Waals surface area contributed by atoms with Crippen LogP contribution in [0, 0.1) is 5.41 Å². The predicted octanol–water partition coefficient (Wildman–Crippen LogP) is -1.82. The van der Waals surface area contributed by atoms with Gasteiger partial charge >= 0.3 is 5.69 Å². The maximum absolute atomic E-state index is 12.7. The van der Waals surface area contributed by atoms with E-state index in [2.05, 4.69) is 10.3 Å². The number of aromatic amines is 1. The summed E-state index contributed by atoms with van der Waals surface area (Å²) in [6, 6.07) is 0. The van der Waals surface area contributed by atoms with E-state index in [0.29, 0.717) is 13.0 Å². The Morgan fingerprint density at radius 3 is 2.83 bits per heavy atom. The molecule has 2 saturated heterocycles. The summed E-state index contributed by atoms with van der Waals surface area (Å²) in [4.78, 5) is 51.9. The number of likely N-dealkylation sites (tertiary alicyclic amines) is 1. The molecule has 1 aromatic heterocycles. The van der Waals surface area contributed by atoms with Gasteiger partial charge in [0.1, 0.15) is 5.56 Å². The Labute approximate surface area is 137 Å². The SMILES string of the molecule is Cn1cc(C(=O)N2CC[C@H](O)[C@@]3(CCCNC3=O)C2)c(=O)[nH]c1=O. The van der Waals surface area contributed by atoms with Crippen LogP contribution in [0.2, 0.25) is 0 Å². The Bertz CT molecular complexity index is 798. The first-order valence-corrected chi connectivity index (χ1v) is 7.91. The minimum absolute atomic E-state index is 0.0567. The highest BCUT2D eigenvalue weighted by atomic mass is 16.3. The number of rotatable bonds is 1. The molecular weight excluding hydrogens is 316 g/mol. The molecule has 9 heteroatoms. The molecule has 0 saturated carbocycles. The summed E-state index contributed by atoms with van der Waals surface area (Å²) < 4.78 is 1.12. The third-order valence-corrected chi connectivity index (χ3v) is 4.95. The Morgan fingerprint density at radius 2 is 2.12 bits per heavy atom. The molecule has 24 heavy (non-hydrogen) atoms. The number of carbonyl (C=O) groups is 2. The number of carbonyl (C=O) groups excluding carboxylic acids is 2. The lowest BCUT2D eigenvalue weighted by atomic mass is 9.71. The van der Waals surface area contributed by atoms with Crippen molar-refractivity contribution in [2.45, 2.75) is 25.4 Å². The topological polar surface area (TPSA) is 124 Å². The summed E-state index contributed by atoms with van der Waals surface area (Å²) in [5, 5.41) is 13.1. The number of nitrogens with zero attached hydrogens (tertiary/aromatic N) is 2. The van der Waals surface area contributed by atoms with Gasteiger partial charge in [0.2, 0.25) is 5.91 Å². The largest absolute Gasteiger partial charge is 0.392 e. The van der Waals surface area contributed by atoms with Crippen LogP contribution in [-0.2, 0) is 11.8 Å². The number of aryl methyl sites for hydroxylation is 1. The molecule has 2 aliphatic rings. The molecule has 2 atom stereocenters. The number of hydrogen-bond acceptors (Lipinski definition) is 5. The van der Waals surface area contributed by atoms with Crippen molar-refractivity contribution in [1.82, 2.24) is 19.8 Å². The number of piperidine rings is 2.